The first-order valence-corrected chi connectivity index (χ1v) is 7.13. The van der Waals surface area contributed by atoms with E-state index >= 15 is 0 Å². The monoisotopic (exact) mass is 274 g/mol. The molecule has 2 saturated carbocycles. The van der Waals surface area contributed by atoms with Crippen molar-refractivity contribution in [3.05, 3.63) is 12.0 Å². The molecule has 2 bridgehead atoms. The van der Waals surface area contributed by atoms with Crippen LogP contribution in [0, 0.1) is 6.92 Å². The summed E-state index contributed by atoms with van der Waals surface area (Å²) in [5, 5.41) is 13.3. The molecule has 4 rings (SSSR count). The zero-order valence-electron chi connectivity index (χ0n) is 11.5. The minimum absolute atomic E-state index is 0.0262. The van der Waals surface area contributed by atoms with Gasteiger partial charge in [-0.25, -0.2) is 9.97 Å². The van der Waals surface area contributed by atoms with E-state index in [2.05, 4.69) is 20.2 Å². The van der Waals surface area contributed by atoms with Gasteiger partial charge in [-0.05, 0) is 39.0 Å². The Labute approximate surface area is 117 Å². The van der Waals surface area contributed by atoms with Crippen molar-refractivity contribution in [1.29, 1.82) is 0 Å². The van der Waals surface area contributed by atoms with Gasteiger partial charge in [0.25, 0.3) is 0 Å². The fraction of sp³-hybridized carbons (Fsp3) is 0.643. The van der Waals surface area contributed by atoms with E-state index in [9.17, 15) is 9.90 Å². The summed E-state index contributed by atoms with van der Waals surface area (Å²) in [4.78, 5) is 22.8. The number of carbonyl (C=O) groups is 1. The number of carbonyl (C=O) groups excluding carboxylic acids is 1. The molecule has 20 heavy (non-hydrogen) atoms. The normalized spacial score (nSPS) is 35.1. The minimum Gasteiger partial charge on any atom is -0.390 e. The van der Waals surface area contributed by atoms with E-state index in [1.807, 2.05) is 6.92 Å². The van der Waals surface area contributed by atoms with Crippen LogP contribution in [0.15, 0.2) is 6.20 Å². The van der Waals surface area contributed by atoms with Gasteiger partial charge < -0.3 is 15.3 Å². The predicted molar refractivity (Wildman–Crippen MR) is 73.5 cm³/mol. The number of hydrogen-bond donors (Lipinski definition) is 2. The highest BCUT2D eigenvalue weighted by atomic mass is 16.3. The van der Waals surface area contributed by atoms with Crippen LogP contribution in [0.1, 0.15) is 37.9 Å². The molecule has 0 aromatic carbocycles. The lowest BCUT2D eigenvalue weighted by Gasteiger charge is -2.43. The molecule has 0 spiro atoms. The molecule has 2 aliphatic carbocycles. The Morgan fingerprint density at radius 2 is 2.10 bits per heavy atom. The maximum absolute atomic E-state index is 12.0. The van der Waals surface area contributed by atoms with Crippen molar-refractivity contribution in [2.45, 2.75) is 50.2 Å². The Balaban J connectivity index is 1.80. The number of fused-ring (bicyclic) bond motifs is 3. The van der Waals surface area contributed by atoms with E-state index in [1.165, 1.54) is 0 Å². The number of nitrogens with zero attached hydrogens (tertiary/aromatic N) is 3. The quantitative estimate of drug-likeness (QED) is 0.798. The van der Waals surface area contributed by atoms with Crippen molar-refractivity contribution < 1.29 is 9.90 Å². The standard InChI is InChI=1S/C14H18N4O2/c1-9-15-6-10-12(16-9)18(7-11(19)17-10)13-2-4-14(20,8-13)5-3-13/h6,20H,2-5,7-8H2,1H3,(H,17,19). The molecule has 0 atom stereocenters. The lowest BCUT2D eigenvalue weighted by atomic mass is 9.90. The first-order valence-electron chi connectivity index (χ1n) is 7.13. The van der Waals surface area contributed by atoms with E-state index < -0.39 is 5.60 Å². The van der Waals surface area contributed by atoms with Crippen LogP contribution in [0.3, 0.4) is 0 Å². The van der Waals surface area contributed by atoms with Crippen LogP contribution in [0.25, 0.3) is 0 Å². The lowest BCUT2D eigenvalue weighted by Crippen LogP contribution is -2.52. The zero-order valence-corrected chi connectivity index (χ0v) is 11.5. The number of aliphatic hydroxyl groups is 1. The summed E-state index contributed by atoms with van der Waals surface area (Å²) in [6.07, 6.45) is 5.93. The van der Waals surface area contributed by atoms with Gasteiger partial charge in [0.15, 0.2) is 5.82 Å². The Hall–Kier alpha value is -1.69. The Morgan fingerprint density at radius 3 is 2.75 bits per heavy atom. The number of amides is 1. The van der Waals surface area contributed by atoms with Crippen LogP contribution < -0.4 is 10.2 Å². The lowest BCUT2D eigenvalue weighted by molar-refractivity contribution is -0.115. The number of rotatable bonds is 1. The van der Waals surface area contributed by atoms with Crippen LogP contribution in [0.2, 0.25) is 0 Å². The van der Waals surface area contributed by atoms with Crippen LogP contribution in [0.4, 0.5) is 11.5 Å². The summed E-state index contributed by atoms with van der Waals surface area (Å²) in [7, 11) is 0. The number of anilines is 2. The fourth-order valence-electron chi connectivity index (χ4n) is 4.06. The molecule has 0 unspecified atom stereocenters. The average molecular weight is 274 g/mol. The fourth-order valence-corrected chi connectivity index (χ4v) is 4.06. The summed E-state index contributed by atoms with van der Waals surface area (Å²) >= 11 is 0. The number of aryl methyl sites for hydroxylation is 1. The molecule has 6 nitrogen and oxygen atoms in total. The third kappa shape index (κ3) is 1.57. The molecule has 106 valence electrons. The van der Waals surface area contributed by atoms with E-state index in [0.717, 1.165) is 37.9 Å². The molecular weight excluding hydrogens is 256 g/mol. The first kappa shape index (κ1) is 12.1. The molecule has 3 aliphatic rings. The Bertz CT molecular complexity index is 593. The van der Waals surface area contributed by atoms with Gasteiger partial charge in [-0.1, -0.05) is 0 Å². The average Bonchev–Trinajstić information content (AvgIpc) is 2.93. The van der Waals surface area contributed by atoms with Crippen molar-refractivity contribution in [1.82, 2.24) is 9.97 Å². The molecule has 2 N–H and O–H groups in total. The number of aromatic nitrogens is 2. The van der Waals surface area contributed by atoms with E-state index in [0.29, 0.717) is 18.1 Å². The molecule has 0 radical (unpaired) electrons. The topological polar surface area (TPSA) is 78.3 Å². The third-order valence-corrected chi connectivity index (χ3v) is 5.06. The second-order valence-corrected chi connectivity index (χ2v) is 6.41. The molecule has 2 heterocycles. The summed E-state index contributed by atoms with van der Waals surface area (Å²) < 4.78 is 0. The van der Waals surface area contributed by atoms with Gasteiger partial charge in [0.2, 0.25) is 5.91 Å². The molecule has 1 amide bonds. The van der Waals surface area contributed by atoms with Gasteiger partial charge in [-0.15, -0.1) is 0 Å². The van der Waals surface area contributed by atoms with Crippen molar-refractivity contribution in [3.8, 4) is 0 Å². The van der Waals surface area contributed by atoms with Crippen molar-refractivity contribution in [3.63, 3.8) is 0 Å². The van der Waals surface area contributed by atoms with Gasteiger partial charge in [0.05, 0.1) is 18.3 Å². The summed E-state index contributed by atoms with van der Waals surface area (Å²) in [6, 6.07) is 0. The van der Waals surface area contributed by atoms with Gasteiger partial charge >= 0.3 is 0 Å². The van der Waals surface area contributed by atoms with E-state index in [1.54, 1.807) is 6.20 Å². The second-order valence-electron chi connectivity index (χ2n) is 6.41. The summed E-state index contributed by atoms with van der Waals surface area (Å²) in [5.74, 6) is 1.48. The number of nitrogens with one attached hydrogen (secondary N) is 1. The van der Waals surface area contributed by atoms with Gasteiger partial charge in [0, 0.05) is 5.54 Å². The highest BCUT2D eigenvalue weighted by Gasteiger charge is 2.57. The van der Waals surface area contributed by atoms with E-state index in [-0.39, 0.29) is 11.4 Å². The van der Waals surface area contributed by atoms with Gasteiger partial charge in [0.1, 0.15) is 11.5 Å². The smallest absolute Gasteiger partial charge is 0.244 e. The summed E-state index contributed by atoms with van der Waals surface area (Å²) in [5.41, 5.74) is 0.0432. The first-order chi connectivity index (χ1) is 9.50. The predicted octanol–water partition coefficient (Wildman–Crippen LogP) is 0.991. The molecule has 0 saturated heterocycles. The molecular formula is C14H18N4O2. The summed E-state index contributed by atoms with van der Waals surface area (Å²) in [6.45, 7) is 2.17. The highest BCUT2D eigenvalue weighted by Crippen LogP contribution is 2.55. The molecule has 1 aromatic rings. The van der Waals surface area contributed by atoms with Crippen LogP contribution >= 0.6 is 0 Å². The van der Waals surface area contributed by atoms with E-state index in [4.69, 9.17) is 0 Å². The Kier molecular flexibility index (Phi) is 2.23. The maximum Gasteiger partial charge on any atom is 0.244 e. The highest BCUT2D eigenvalue weighted by molar-refractivity contribution is 6.00. The van der Waals surface area contributed by atoms with Gasteiger partial charge in [-0.2, -0.15) is 0 Å². The van der Waals surface area contributed by atoms with Crippen molar-refractivity contribution in [2.24, 2.45) is 0 Å². The van der Waals surface area contributed by atoms with Gasteiger partial charge in [-0.3, -0.25) is 4.79 Å². The van der Waals surface area contributed by atoms with Crippen molar-refractivity contribution in [2.75, 3.05) is 16.8 Å². The second kappa shape index (κ2) is 3.69. The molecule has 2 fully saturated rings. The van der Waals surface area contributed by atoms with Crippen LogP contribution in [-0.4, -0.2) is 38.7 Å². The molecule has 6 heteroatoms. The van der Waals surface area contributed by atoms with Crippen molar-refractivity contribution >= 4 is 17.4 Å². The van der Waals surface area contributed by atoms with Crippen LogP contribution in [-0.2, 0) is 4.79 Å². The maximum atomic E-state index is 12.0. The molecule has 1 aromatic heterocycles. The number of hydrogen-bond acceptors (Lipinski definition) is 5. The SMILES string of the molecule is Cc1ncc2c(n1)N(C13CCC(O)(CC1)C3)CC(=O)N2. The molecule has 1 aliphatic heterocycles. The zero-order chi connectivity index (χ0) is 14.0. The van der Waals surface area contributed by atoms with Crippen LogP contribution in [0.5, 0.6) is 0 Å². The minimum atomic E-state index is -0.532. The third-order valence-electron chi connectivity index (χ3n) is 5.06. The largest absolute Gasteiger partial charge is 0.390 e. The Morgan fingerprint density at radius 1 is 1.35 bits per heavy atom.